The second kappa shape index (κ2) is 4.94. The summed E-state index contributed by atoms with van der Waals surface area (Å²) in [6.07, 6.45) is 0. The number of nitrogens with zero attached hydrogens (tertiary/aromatic N) is 3. The van der Waals surface area contributed by atoms with Gasteiger partial charge in [-0.05, 0) is 6.54 Å². The Morgan fingerprint density at radius 1 is 1.54 bits per heavy atom. The van der Waals surface area contributed by atoms with Gasteiger partial charge in [0, 0.05) is 20.0 Å². The third-order valence-corrected chi connectivity index (χ3v) is 1.83. The van der Waals surface area contributed by atoms with E-state index in [-0.39, 0.29) is 0 Å². The average Bonchev–Trinajstić information content (AvgIpc) is 2.50. The highest BCUT2D eigenvalue weighted by molar-refractivity contribution is 4.83. The predicted octanol–water partition coefficient (Wildman–Crippen LogP) is 0.159. The van der Waals surface area contributed by atoms with Crippen LogP contribution < -0.4 is 5.73 Å². The van der Waals surface area contributed by atoms with Crippen molar-refractivity contribution >= 4 is 0 Å². The number of likely N-dealkylation sites (N-methyl/N-ethyl adjacent to an activating group) is 1. The molecule has 13 heavy (non-hydrogen) atoms. The van der Waals surface area contributed by atoms with Crippen molar-refractivity contribution in [3.8, 4) is 0 Å². The monoisotopic (exact) mass is 184 g/mol. The molecule has 0 aliphatic rings. The topological polar surface area (TPSA) is 68.2 Å². The van der Waals surface area contributed by atoms with Crippen LogP contribution in [-0.2, 0) is 6.54 Å². The molecule has 0 aromatic carbocycles. The molecule has 1 aromatic rings. The van der Waals surface area contributed by atoms with Crippen LogP contribution in [-0.4, -0.2) is 34.7 Å². The second-order valence-corrected chi connectivity index (χ2v) is 2.89. The Kier molecular flexibility index (Phi) is 3.85. The first-order chi connectivity index (χ1) is 6.26. The van der Waals surface area contributed by atoms with Crippen LogP contribution in [0, 0.1) is 6.92 Å². The molecule has 5 nitrogen and oxygen atoms in total. The van der Waals surface area contributed by atoms with Gasteiger partial charge in [-0.3, -0.25) is 4.90 Å². The number of rotatable bonds is 5. The van der Waals surface area contributed by atoms with E-state index in [1.165, 1.54) is 0 Å². The van der Waals surface area contributed by atoms with E-state index in [2.05, 4.69) is 22.0 Å². The smallest absolute Gasteiger partial charge is 0.223 e. The minimum Gasteiger partial charge on any atom is -0.340 e. The van der Waals surface area contributed by atoms with Crippen molar-refractivity contribution in [2.75, 3.05) is 19.6 Å². The van der Waals surface area contributed by atoms with E-state index in [4.69, 9.17) is 10.3 Å². The summed E-state index contributed by atoms with van der Waals surface area (Å²) in [7, 11) is 0. The van der Waals surface area contributed by atoms with E-state index in [1.54, 1.807) is 6.92 Å². The number of hydrogen-bond acceptors (Lipinski definition) is 5. The molecule has 1 heterocycles. The lowest BCUT2D eigenvalue weighted by Crippen LogP contribution is -2.29. The van der Waals surface area contributed by atoms with Crippen LogP contribution >= 0.6 is 0 Å². The Balaban J connectivity index is 2.46. The summed E-state index contributed by atoms with van der Waals surface area (Å²) in [5.41, 5.74) is 5.46. The van der Waals surface area contributed by atoms with Gasteiger partial charge in [-0.15, -0.1) is 0 Å². The van der Waals surface area contributed by atoms with Crippen molar-refractivity contribution < 1.29 is 4.52 Å². The van der Waals surface area contributed by atoms with E-state index in [9.17, 15) is 0 Å². The molecule has 0 spiro atoms. The second-order valence-electron chi connectivity index (χ2n) is 2.89. The summed E-state index contributed by atoms with van der Waals surface area (Å²) in [6, 6.07) is 0. The Labute approximate surface area is 77.9 Å². The fourth-order valence-corrected chi connectivity index (χ4v) is 1.14. The van der Waals surface area contributed by atoms with Gasteiger partial charge in [0.2, 0.25) is 5.89 Å². The van der Waals surface area contributed by atoms with Crippen molar-refractivity contribution in [3.63, 3.8) is 0 Å². The van der Waals surface area contributed by atoms with E-state index >= 15 is 0 Å². The van der Waals surface area contributed by atoms with E-state index in [1.807, 2.05) is 0 Å². The molecule has 5 heteroatoms. The van der Waals surface area contributed by atoms with Gasteiger partial charge in [0.1, 0.15) is 0 Å². The predicted molar refractivity (Wildman–Crippen MR) is 49.0 cm³/mol. The fourth-order valence-electron chi connectivity index (χ4n) is 1.14. The highest BCUT2D eigenvalue weighted by Gasteiger charge is 2.07. The first kappa shape index (κ1) is 10.1. The summed E-state index contributed by atoms with van der Waals surface area (Å²) in [5.74, 6) is 1.34. The molecule has 0 bridgehead atoms. The van der Waals surface area contributed by atoms with Crippen LogP contribution in [0.4, 0.5) is 0 Å². The first-order valence-corrected chi connectivity index (χ1v) is 4.48. The molecule has 0 radical (unpaired) electrons. The van der Waals surface area contributed by atoms with Gasteiger partial charge in [0.25, 0.3) is 0 Å². The van der Waals surface area contributed by atoms with Gasteiger partial charge < -0.3 is 10.3 Å². The average molecular weight is 184 g/mol. The normalized spacial score (nSPS) is 11.1. The first-order valence-electron chi connectivity index (χ1n) is 4.48. The maximum Gasteiger partial charge on any atom is 0.223 e. The Bertz CT molecular complexity index is 248. The molecule has 0 amide bonds. The maximum absolute atomic E-state index is 5.46. The largest absolute Gasteiger partial charge is 0.340 e. The van der Waals surface area contributed by atoms with Gasteiger partial charge >= 0.3 is 0 Å². The van der Waals surface area contributed by atoms with Crippen molar-refractivity contribution in [1.82, 2.24) is 15.0 Å². The number of aromatic nitrogens is 2. The summed E-state index contributed by atoms with van der Waals surface area (Å²) < 4.78 is 4.87. The number of nitrogens with two attached hydrogens (primary N) is 1. The van der Waals surface area contributed by atoms with Crippen molar-refractivity contribution in [1.29, 1.82) is 0 Å². The zero-order chi connectivity index (χ0) is 9.68. The lowest BCUT2D eigenvalue weighted by atomic mass is 10.4. The van der Waals surface area contributed by atoms with Gasteiger partial charge in [-0.1, -0.05) is 12.1 Å². The summed E-state index contributed by atoms with van der Waals surface area (Å²) >= 11 is 0. The van der Waals surface area contributed by atoms with Crippen LogP contribution in [0.3, 0.4) is 0 Å². The standard InChI is InChI=1S/C8H16N4O/c1-3-12(5-4-9)6-8-10-7(2)13-11-8/h3-6,9H2,1-2H3. The molecule has 0 unspecified atom stereocenters. The molecular weight excluding hydrogens is 168 g/mol. The zero-order valence-corrected chi connectivity index (χ0v) is 8.16. The maximum atomic E-state index is 5.46. The number of aryl methyl sites for hydroxylation is 1. The van der Waals surface area contributed by atoms with Crippen LogP contribution in [0.25, 0.3) is 0 Å². The molecule has 1 rings (SSSR count). The zero-order valence-electron chi connectivity index (χ0n) is 8.16. The van der Waals surface area contributed by atoms with Gasteiger partial charge in [0.05, 0.1) is 6.54 Å². The minimum absolute atomic E-state index is 0.610. The van der Waals surface area contributed by atoms with Crippen LogP contribution in [0.15, 0.2) is 4.52 Å². The van der Waals surface area contributed by atoms with Gasteiger partial charge in [0.15, 0.2) is 5.82 Å². The SMILES string of the molecule is CCN(CCN)Cc1noc(C)n1. The summed E-state index contributed by atoms with van der Waals surface area (Å²) in [6.45, 7) is 7.06. The highest BCUT2D eigenvalue weighted by atomic mass is 16.5. The number of hydrogen-bond donors (Lipinski definition) is 1. The van der Waals surface area contributed by atoms with E-state index in [0.717, 1.165) is 18.9 Å². The molecule has 2 N–H and O–H groups in total. The molecule has 0 saturated carbocycles. The molecule has 0 aliphatic heterocycles. The molecule has 1 aromatic heterocycles. The van der Waals surface area contributed by atoms with Crippen LogP contribution in [0.2, 0.25) is 0 Å². The molecule has 74 valence electrons. The third kappa shape index (κ3) is 3.12. The Morgan fingerprint density at radius 3 is 2.77 bits per heavy atom. The van der Waals surface area contributed by atoms with Crippen molar-refractivity contribution in [2.24, 2.45) is 5.73 Å². The van der Waals surface area contributed by atoms with Crippen molar-refractivity contribution in [3.05, 3.63) is 11.7 Å². The van der Waals surface area contributed by atoms with E-state index in [0.29, 0.717) is 19.0 Å². The van der Waals surface area contributed by atoms with Gasteiger partial charge in [-0.2, -0.15) is 4.98 Å². The Hall–Kier alpha value is -0.940. The lowest BCUT2D eigenvalue weighted by Gasteiger charge is -2.16. The summed E-state index contributed by atoms with van der Waals surface area (Å²) in [5, 5.41) is 3.82. The van der Waals surface area contributed by atoms with Gasteiger partial charge in [-0.25, -0.2) is 0 Å². The van der Waals surface area contributed by atoms with Crippen LogP contribution in [0.1, 0.15) is 18.6 Å². The van der Waals surface area contributed by atoms with Crippen molar-refractivity contribution in [2.45, 2.75) is 20.4 Å². The van der Waals surface area contributed by atoms with Crippen LogP contribution in [0.5, 0.6) is 0 Å². The molecular formula is C8H16N4O. The fraction of sp³-hybridized carbons (Fsp3) is 0.750. The molecule has 0 aliphatic carbocycles. The minimum atomic E-state index is 0.610. The molecule has 0 fully saturated rings. The molecule has 0 atom stereocenters. The Morgan fingerprint density at radius 2 is 2.31 bits per heavy atom. The lowest BCUT2D eigenvalue weighted by molar-refractivity contribution is 0.274. The van der Waals surface area contributed by atoms with E-state index < -0.39 is 0 Å². The third-order valence-electron chi connectivity index (χ3n) is 1.83. The summed E-state index contributed by atoms with van der Waals surface area (Å²) in [4.78, 5) is 6.29. The quantitative estimate of drug-likeness (QED) is 0.706. The highest BCUT2D eigenvalue weighted by Crippen LogP contribution is 1.99. The molecule has 0 saturated heterocycles.